The predicted octanol–water partition coefficient (Wildman–Crippen LogP) is 0.471. The van der Waals surface area contributed by atoms with E-state index < -0.39 is 18.2 Å². The number of carbonyl (C=O) groups excluding carboxylic acids is 1. The first-order chi connectivity index (χ1) is 6.25. The lowest BCUT2D eigenvalue weighted by Gasteiger charge is -2.02. The summed E-state index contributed by atoms with van der Waals surface area (Å²) in [5, 5.41) is 16.0. The number of aliphatic hydroxyl groups is 2. The largest absolute Gasteiger partial charge is 0.490 e. The van der Waals surface area contributed by atoms with E-state index in [1.54, 1.807) is 0 Å². The summed E-state index contributed by atoms with van der Waals surface area (Å²) in [5.74, 6) is -2.13. The first-order valence-electron chi connectivity index (χ1n) is 3.78. The molecule has 7 heteroatoms. The number of carbonyl (C=O) groups is 1. The van der Waals surface area contributed by atoms with E-state index in [2.05, 4.69) is 4.74 Å². The van der Waals surface area contributed by atoms with E-state index in [4.69, 9.17) is 10.2 Å². The van der Waals surface area contributed by atoms with E-state index in [-0.39, 0.29) is 13.2 Å². The second kappa shape index (κ2) is 7.57. The number of halogens is 3. The Balaban J connectivity index is 0. The summed E-state index contributed by atoms with van der Waals surface area (Å²) in [6.45, 7) is 2.45. The number of hydrogen-bond acceptors (Lipinski definition) is 4. The van der Waals surface area contributed by atoms with Gasteiger partial charge >= 0.3 is 12.1 Å². The molecule has 0 spiro atoms. The monoisotopic (exact) mass is 218 g/mol. The van der Waals surface area contributed by atoms with Crippen LogP contribution in [0.5, 0.6) is 0 Å². The van der Waals surface area contributed by atoms with Crippen LogP contribution in [0.1, 0.15) is 13.8 Å². The average molecular weight is 218 g/mol. The van der Waals surface area contributed by atoms with E-state index >= 15 is 0 Å². The number of aliphatic hydroxyl groups excluding tert-OH is 2. The maximum Gasteiger partial charge on any atom is 0.490 e. The topological polar surface area (TPSA) is 66.8 Å². The molecule has 0 aromatic heterocycles. The van der Waals surface area contributed by atoms with Gasteiger partial charge < -0.3 is 14.9 Å². The fourth-order valence-electron chi connectivity index (χ4n) is 0.213. The number of esters is 1. The zero-order valence-electron chi connectivity index (χ0n) is 7.84. The zero-order valence-corrected chi connectivity index (χ0v) is 7.84. The molecule has 0 heterocycles. The predicted molar refractivity (Wildman–Crippen MR) is 41.5 cm³/mol. The number of hydrogen-bond donors (Lipinski definition) is 2. The van der Waals surface area contributed by atoms with Crippen molar-refractivity contribution in [3.05, 3.63) is 0 Å². The molecule has 0 aliphatic heterocycles. The quantitative estimate of drug-likeness (QED) is 0.661. The highest BCUT2D eigenvalue weighted by Gasteiger charge is 2.40. The van der Waals surface area contributed by atoms with E-state index in [1.807, 2.05) is 0 Å². The third-order valence-electron chi connectivity index (χ3n) is 0.771. The second-order valence-corrected chi connectivity index (χ2v) is 2.25. The van der Waals surface area contributed by atoms with Crippen LogP contribution in [0.3, 0.4) is 0 Å². The van der Waals surface area contributed by atoms with Gasteiger partial charge in [0.25, 0.3) is 0 Å². The molecule has 0 fully saturated rings. The third-order valence-corrected chi connectivity index (χ3v) is 0.771. The molecule has 0 amide bonds. The molecule has 0 saturated carbocycles. The van der Waals surface area contributed by atoms with Crippen LogP contribution in [-0.2, 0) is 9.53 Å². The average Bonchev–Trinajstić information content (AvgIpc) is 2.04. The van der Waals surface area contributed by atoms with Crippen LogP contribution in [-0.4, -0.2) is 41.7 Å². The van der Waals surface area contributed by atoms with Gasteiger partial charge in [-0.1, -0.05) is 0 Å². The summed E-state index contributed by atoms with van der Waals surface area (Å²) in [6, 6.07) is 0. The molecule has 0 saturated heterocycles. The highest BCUT2D eigenvalue weighted by molar-refractivity contribution is 5.75. The Kier molecular flexibility index (Phi) is 8.46. The molecule has 0 aliphatic rings. The summed E-state index contributed by atoms with van der Waals surface area (Å²) < 4.78 is 37.1. The van der Waals surface area contributed by atoms with Gasteiger partial charge in [-0.3, -0.25) is 0 Å². The number of rotatable bonds is 2. The molecule has 0 aliphatic carbocycles. The maximum absolute atomic E-state index is 11.2. The Morgan fingerprint density at radius 3 is 1.93 bits per heavy atom. The summed E-state index contributed by atoms with van der Waals surface area (Å²) in [4.78, 5) is 9.72. The van der Waals surface area contributed by atoms with Crippen molar-refractivity contribution in [2.75, 3.05) is 13.2 Å². The first kappa shape index (κ1) is 15.6. The highest BCUT2D eigenvalue weighted by atomic mass is 19.4. The molecule has 0 bridgehead atoms. The second-order valence-electron chi connectivity index (χ2n) is 2.25. The van der Waals surface area contributed by atoms with Gasteiger partial charge in [-0.25, -0.2) is 4.79 Å². The van der Waals surface area contributed by atoms with Gasteiger partial charge in [0.1, 0.15) is 0 Å². The highest BCUT2D eigenvalue weighted by Crippen LogP contribution is 2.15. The standard InChI is InChI=1S/C4H5F3O2.C3H8O2/c1-2-9-3(8)4(5,6)7;1-3(5)2-4/h2H2,1H3;3-5H,2H2,1H3. The Morgan fingerprint density at radius 2 is 1.86 bits per heavy atom. The molecular formula is C7H13F3O4. The Morgan fingerprint density at radius 1 is 1.50 bits per heavy atom. The van der Waals surface area contributed by atoms with Crippen LogP contribution in [0.25, 0.3) is 0 Å². The minimum Gasteiger partial charge on any atom is -0.459 e. The van der Waals surface area contributed by atoms with Crippen LogP contribution < -0.4 is 0 Å². The van der Waals surface area contributed by atoms with Gasteiger partial charge in [-0.15, -0.1) is 0 Å². The Hall–Kier alpha value is -0.820. The van der Waals surface area contributed by atoms with Crippen molar-refractivity contribution in [1.29, 1.82) is 0 Å². The summed E-state index contributed by atoms with van der Waals surface area (Å²) in [6.07, 6.45) is -5.41. The lowest BCUT2D eigenvalue weighted by atomic mass is 10.5. The van der Waals surface area contributed by atoms with Crippen molar-refractivity contribution in [3.8, 4) is 0 Å². The SMILES string of the molecule is CC(O)CO.CCOC(=O)C(F)(F)F. The van der Waals surface area contributed by atoms with Crippen LogP contribution in [0.4, 0.5) is 13.2 Å². The molecule has 86 valence electrons. The van der Waals surface area contributed by atoms with E-state index in [0.717, 1.165) is 0 Å². The fourth-order valence-corrected chi connectivity index (χ4v) is 0.213. The minimum atomic E-state index is -4.85. The third kappa shape index (κ3) is 11.2. The molecule has 0 aromatic rings. The van der Waals surface area contributed by atoms with Crippen molar-refractivity contribution < 1.29 is 32.9 Å². The molecule has 0 rings (SSSR count). The smallest absolute Gasteiger partial charge is 0.459 e. The molecule has 0 radical (unpaired) electrons. The van der Waals surface area contributed by atoms with Crippen LogP contribution in [0.15, 0.2) is 0 Å². The number of ether oxygens (including phenoxy) is 1. The van der Waals surface area contributed by atoms with Gasteiger partial charge in [0.05, 0.1) is 19.3 Å². The summed E-state index contributed by atoms with van der Waals surface area (Å²) in [5.41, 5.74) is 0. The Bertz CT molecular complexity index is 156. The van der Waals surface area contributed by atoms with Crippen molar-refractivity contribution in [2.24, 2.45) is 0 Å². The molecule has 14 heavy (non-hydrogen) atoms. The van der Waals surface area contributed by atoms with Gasteiger partial charge in [0.15, 0.2) is 0 Å². The zero-order chi connectivity index (χ0) is 11.8. The summed E-state index contributed by atoms with van der Waals surface area (Å²) >= 11 is 0. The van der Waals surface area contributed by atoms with Crippen molar-refractivity contribution >= 4 is 5.97 Å². The van der Waals surface area contributed by atoms with Crippen LogP contribution in [0, 0.1) is 0 Å². The first-order valence-corrected chi connectivity index (χ1v) is 3.78. The van der Waals surface area contributed by atoms with Gasteiger partial charge in [0, 0.05) is 0 Å². The van der Waals surface area contributed by atoms with E-state index in [9.17, 15) is 18.0 Å². The van der Waals surface area contributed by atoms with E-state index in [1.165, 1.54) is 13.8 Å². The lowest BCUT2D eigenvalue weighted by Crippen LogP contribution is -2.25. The molecular weight excluding hydrogens is 205 g/mol. The molecule has 1 atom stereocenters. The lowest BCUT2D eigenvalue weighted by molar-refractivity contribution is -0.199. The van der Waals surface area contributed by atoms with Gasteiger partial charge in [0.2, 0.25) is 0 Å². The van der Waals surface area contributed by atoms with Crippen molar-refractivity contribution in [2.45, 2.75) is 26.1 Å². The Labute approximate surface area is 79.3 Å². The number of alkyl halides is 3. The fraction of sp³-hybridized carbons (Fsp3) is 0.857. The maximum atomic E-state index is 11.2. The molecule has 2 N–H and O–H groups in total. The molecule has 0 aromatic carbocycles. The molecule has 4 nitrogen and oxygen atoms in total. The van der Waals surface area contributed by atoms with Crippen molar-refractivity contribution in [3.63, 3.8) is 0 Å². The minimum absolute atomic E-state index is 0.139. The molecule has 1 unspecified atom stereocenters. The van der Waals surface area contributed by atoms with Gasteiger partial charge in [-0.05, 0) is 13.8 Å². The van der Waals surface area contributed by atoms with Gasteiger partial charge in [-0.2, -0.15) is 13.2 Å². The van der Waals surface area contributed by atoms with Crippen LogP contribution in [0.2, 0.25) is 0 Å². The van der Waals surface area contributed by atoms with E-state index in [0.29, 0.717) is 0 Å². The van der Waals surface area contributed by atoms with Crippen molar-refractivity contribution in [1.82, 2.24) is 0 Å². The van der Waals surface area contributed by atoms with Crippen LogP contribution >= 0.6 is 0 Å². The normalized spacial score (nSPS) is 12.5. The summed E-state index contributed by atoms with van der Waals surface area (Å²) in [7, 11) is 0.